The monoisotopic (exact) mass is 348 g/mol. The van der Waals surface area contributed by atoms with Gasteiger partial charge in [0.2, 0.25) is 0 Å². The molecule has 4 nitrogen and oxygen atoms in total. The Morgan fingerprint density at radius 2 is 1.77 bits per heavy atom. The summed E-state index contributed by atoms with van der Waals surface area (Å²) < 4.78 is 10.9. The second-order valence-corrected chi connectivity index (χ2v) is 5.68. The van der Waals surface area contributed by atoms with Crippen molar-refractivity contribution in [2.45, 2.75) is 18.9 Å². The lowest BCUT2D eigenvalue weighted by atomic mass is 9.98. The Morgan fingerprint density at radius 1 is 1.09 bits per heavy atom. The predicted octanol–water partition coefficient (Wildman–Crippen LogP) is 2.90. The molecule has 1 aliphatic carbocycles. The van der Waals surface area contributed by atoms with Crippen LogP contribution in [0.15, 0.2) is 18.2 Å². The normalized spacial score (nSPS) is 19.5. The Morgan fingerprint density at radius 3 is 2.32 bits per heavy atom. The molecule has 1 aromatic rings. The highest BCUT2D eigenvalue weighted by Gasteiger charge is 2.38. The molecular formula is C16H26Cl2N2O2. The quantitative estimate of drug-likeness (QED) is 0.886. The summed E-state index contributed by atoms with van der Waals surface area (Å²) >= 11 is 0. The average Bonchev–Trinajstić information content (AvgIpc) is 3.33. The van der Waals surface area contributed by atoms with Crippen LogP contribution in [-0.4, -0.2) is 45.3 Å². The number of ether oxygens (including phenoxy) is 2. The molecule has 1 saturated heterocycles. The Balaban J connectivity index is 0.00000121. The molecule has 1 saturated carbocycles. The van der Waals surface area contributed by atoms with Crippen molar-refractivity contribution in [1.82, 2.24) is 10.2 Å². The van der Waals surface area contributed by atoms with E-state index in [-0.39, 0.29) is 24.8 Å². The number of rotatable bonds is 5. The van der Waals surface area contributed by atoms with Crippen LogP contribution in [0.3, 0.4) is 0 Å². The van der Waals surface area contributed by atoms with Gasteiger partial charge in [0.15, 0.2) is 0 Å². The third-order valence-corrected chi connectivity index (χ3v) is 4.37. The van der Waals surface area contributed by atoms with Crippen molar-refractivity contribution >= 4 is 24.8 Å². The zero-order valence-electron chi connectivity index (χ0n) is 13.2. The molecule has 3 rings (SSSR count). The van der Waals surface area contributed by atoms with Crippen molar-refractivity contribution in [3.8, 4) is 11.5 Å². The maximum Gasteiger partial charge on any atom is 0.127 e. The van der Waals surface area contributed by atoms with E-state index in [0.29, 0.717) is 6.04 Å². The second kappa shape index (κ2) is 8.82. The van der Waals surface area contributed by atoms with Crippen LogP contribution in [0.1, 0.15) is 24.4 Å². The third kappa shape index (κ3) is 4.19. The van der Waals surface area contributed by atoms with Gasteiger partial charge in [0, 0.05) is 43.9 Å². The second-order valence-electron chi connectivity index (χ2n) is 5.68. The average molecular weight is 349 g/mol. The van der Waals surface area contributed by atoms with E-state index in [1.165, 1.54) is 18.4 Å². The van der Waals surface area contributed by atoms with E-state index in [0.717, 1.165) is 43.6 Å². The fraction of sp³-hybridized carbons (Fsp3) is 0.625. The van der Waals surface area contributed by atoms with E-state index in [4.69, 9.17) is 9.47 Å². The van der Waals surface area contributed by atoms with Crippen LogP contribution in [-0.2, 0) is 0 Å². The molecule has 2 aliphatic rings. The minimum Gasteiger partial charge on any atom is -0.497 e. The molecule has 6 heteroatoms. The van der Waals surface area contributed by atoms with Crippen molar-refractivity contribution in [2.24, 2.45) is 5.92 Å². The molecule has 1 aromatic carbocycles. The van der Waals surface area contributed by atoms with Crippen molar-refractivity contribution in [1.29, 1.82) is 0 Å². The number of piperazine rings is 1. The topological polar surface area (TPSA) is 33.7 Å². The number of hydrogen-bond acceptors (Lipinski definition) is 4. The van der Waals surface area contributed by atoms with Gasteiger partial charge in [0.05, 0.1) is 14.2 Å². The zero-order valence-corrected chi connectivity index (χ0v) is 14.8. The third-order valence-electron chi connectivity index (χ3n) is 4.37. The largest absolute Gasteiger partial charge is 0.497 e. The molecule has 0 bridgehead atoms. The van der Waals surface area contributed by atoms with E-state index in [9.17, 15) is 0 Å². The summed E-state index contributed by atoms with van der Waals surface area (Å²) in [5.41, 5.74) is 1.32. The molecule has 1 heterocycles. The Hall–Kier alpha value is -0.680. The van der Waals surface area contributed by atoms with Crippen molar-refractivity contribution < 1.29 is 9.47 Å². The Bertz CT molecular complexity index is 463. The molecule has 0 aromatic heterocycles. The molecule has 0 radical (unpaired) electrons. The van der Waals surface area contributed by atoms with Crippen LogP contribution >= 0.6 is 24.8 Å². The van der Waals surface area contributed by atoms with Crippen molar-refractivity contribution in [3.63, 3.8) is 0 Å². The highest BCUT2D eigenvalue weighted by atomic mass is 35.5. The van der Waals surface area contributed by atoms with Gasteiger partial charge in [0.1, 0.15) is 11.5 Å². The number of halogens is 2. The summed E-state index contributed by atoms with van der Waals surface area (Å²) in [7, 11) is 3.45. The molecule has 0 amide bonds. The first kappa shape index (κ1) is 19.4. The molecule has 1 atom stereocenters. The van der Waals surface area contributed by atoms with Gasteiger partial charge in [-0.1, -0.05) is 6.07 Å². The summed E-state index contributed by atoms with van der Waals surface area (Å²) in [4.78, 5) is 2.61. The molecular weight excluding hydrogens is 323 g/mol. The summed E-state index contributed by atoms with van der Waals surface area (Å²) in [5.74, 6) is 2.61. The molecule has 1 N–H and O–H groups in total. The Kier molecular flexibility index (Phi) is 7.77. The fourth-order valence-electron chi connectivity index (χ4n) is 3.18. The number of nitrogens with zero attached hydrogens (tertiary/aromatic N) is 1. The molecule has 1 aliphatic heterocycles. The summed E-state index contributed by atoms with van der Waals surface area (Å²) in [6, 6.07) is 6.74. The van der Waals surface area contributed by atoms with Crippen molar-refractivity contribution in [2.75, 3.05) is 40.4 Å². The highest BCUT2D eigenvalue weighted by molar-refractivity contribution is 5.85. The highest BCUT2D eigenvalue weighted by Crippen LogP contribution is 2.47. The van der Waals surface area contributed by atoms with Gasteiger partial charge >= 0.3 is 0 Å². The number of methoxy groups -OCH3 is 2. The first-order valence-electron chi connectivity index (χ1n) is 7.50. The first-order chi connectivity index (χ1) is 9.83. The van der Waals surface area contributed by atoms with Gasteiger partial charge in [-0.2, -0.15) is 0 Å². The maximum atomic E-state index is 5.62. The minimum absolute atomic E-state index is 0. The smallest absolute Gasteiger partial charge is 0.127 e. The van der Waals surface area contributed by atoms with Gasteiger partial charge in [-0.15, -0.1) is 24.8 Å². The summed E-state index contributed by atoms with van der Waals surface area (Å²) in [5, 5.41) is 3.43. The molecule has 0 spiro atoms. The zero-order chi connectivity index (χ0) is 13.9. The predicted molar refractivity (Wildman–Crippen MR) is 93.9 cm³/mol. The standard InChI is InChI=1S/C16H24N2O2.2ClH/c1-19-13-5-6-14(15(11-13)20-2)16(12-3-4-12)18-9-7-17-8-10-18;;/h5-6,11-12,16-17H,3-4,7-10H2,1-2H3;2*1H/t16-;;/m1../s1. The van der Waals surface area contributed by atoms with Crippen LogP contribution < -0.4 is 14.8 Å². The van der Waals surface area contributed by atoms with Crippen LogP contribution in [0, 0.1) is 5.92 Å². The summed E-state index contributed by atoms with van der Waals surface area (Å²) in [6.45, 7) is 4.41. The van der Waals surface area contributed by atoms with Crippen LogP contribution in [0.2, 0.25) is 0 Å². The molecule has 2 fully saturated rings. The number of benzene rings is 1. The fourth-order valence-corrected chi connectivity index (χ4v) is 3.18. The van der Waals surface area contributed by atoms with Crippen molar-refractivity contribution in [3.05, 3.63) is 23.8 Å². The number of hydrogen-bond donors (Lipinski definition) is 1. The lowest BCUT2D eigenvalue weighted by Crippen LogP contribution is -2.45. The SMILES string of the molecule is COc1ccc([C@@H](C2CC2)N2CCNCC2)c(OC)c1.Cl.Cl. The van der Waals surface area contributed by atoms with Crippen LogP contribution in [0.25, 0.3) is 0 Å². The van der Waals surface area contributed by atoms with Crippen LogP contribution in [0.5, 0.6) is 11.5 Å². The minimum atomic E-state index is 0. The van der Waals surface area contributed by atoms with Gasteiger partial charge in [0.25, 0.3) is 0 Å². The van der Waals surface area contributed by atoms with E-state index in [2.05, 4.69) is 22.3 Å². The van der Waals surface area contributed by atoms with Gasteiger partial charge in [-0.05, 0) is 24.8 Å². The van der Waals surface area contributed by atoms with E-state index in [1.54, 1.807) is 14.2 Å². The number of nitrogens with one attached hydrogen (secondary N) is 1. The molecule has 0 unspecified atom stereocenters. The van der Waals surface area contributed by atoms with E-state index >= 15 is 0 Å². The van der Waals surface area contributed by atoms with E-state index in [1.807, 2.05) is 6.07 Å². The molecule has 22 heavy (non-hydrogen) atoms. The van der Waals surface area contributed by atoms with Crippen LogP contribution in [0.4, 0.5) is 0 Å². The van der Waals surface area contributed by atoms with E-state index < -0.39 is 0 Å². The van der Waals surface area contributed by atoms with Gasteiger partial charge in [-0.25, -0.2) is 0 Å². The lowest BCUT2D eigenvalue weighted by molar-refractivity contribution is 0.153. The lowest BCUT2D eigenvalue weighted by Gasteiger charge is -2.36. The van der Waals surface area contributed by atoms with Gasteiger partial charge in [-0.3, -0.25) is 4.90 Å². The first-order valence-corrected chi connectivity index (χ1v) is 7.50. The van der Waals surface area contributed by atoms with Gasteiger partial charge < -0.3 is 14.8 Å². The maximum absolute atomic E-state index is 5.62. The Labute approximate surface area is 145 Å². The summed E-state index contributed by atoms with van der Waals surface area (Å²) in [6.07, 6.45) is 2.67. The molecule has 126 valence electrons.